The van der Waals surface area contributed by atoms with Gasteiger partial charge in [-0.2, -0.15) is 5.10 Å². The van der Waals surface area contributed by atoms with Gasteiger partial charge in [0, 0.05) is 25.3 Å². The molecule has 4 heteroatoms. The van der Waals surface area contributed by atoms with E-state index in [1.165, 1.54) is 17.5 Å². The summed E-state index contributed by atoms with van der Waals surface area (Å²) < 4.78 is 5.38. The van der Waals surface area contributed by atoms with Crippen LogP contribution in [0, 0.1) is 5.92 Å². The molecule has 4 nitrogen and oxygen atoms in total. The Bertz CT molecular complexity index is 503. The lowest BCUT2D eigenvalue weighted by Crippen LogP contribution is -2.22. The monoisotopic (exact) mass is 257 g/mol. The van der Waals surface area contributed by atoms with Crippen molar-refractivity contribution in [2.24, 2.45) is 5.92 Å². The lowest BCUT2D eigenvalue weighted by Gasteiger charge is -2.09. The smallest absolute Gasteiger partial charge is 0.0695 e. The molecule has 0 spiro atoms. The maximum Gasteiger partial charge on any atom is 0.0695 e. The van der Waals surface area contributed by atoms with E-state index in [2.05, 4.69) is 27.6 Å². The molecule has 0 aliphatic carbocycles. The van der Waals surface area contributed by atoms with Gasteiger partial charge in [-0.1, -0.05) is 30.3 Å². The number of hydrogen-bond acceptors (Lipinski definition) is 3. The average molecular weight is 257 g/mol. The second kappa shape index (κ2) is 5.99. The summed E-state index contributed by atoms with van der Waals surface area (Å²) in [6, 6.07) is 10.3. The minimum Gasteiger partial charge on any atom is -0.381 e. The second-order valence-electron chi connectivity index (χ2n) is 5.00. The zero-order valence-electron chi connectivity index (χ0n) is 10.9. The third-order valence-electron chi connectivity index (χ3n) is 3.55. The Balaban J connectivity index is 1.61. The third kappa shape index (κ3) is 3.03. The molecule has 2 N–H and O–H groups in total. The lowest BCUT2D eigenvalue weighted by atomic mass is 10.1. The Morgan fingerprint density at radius 1 is 1.32 bits per heavy atom. The molecule has 1 fully saturated rings. The van der Waals surface area contributed by atoms with Gasteiger partial charge in [0.15, 0.2) is 0 Å². The number of hydrogen-bond donors (Lipinski definition) is 2. The first kappa shape index (κ1) is 12.4. The van der Waals surface area contributed by atoms with Gasteiger partial charge in [0.2, 0.25) is 0 Å². The number of nitrogens with one attached hydrogen (secondary N) is 2. The van der Waals surface area contributed by atoms with E-state index in [4.69, 9.17) is 4.74 Å². The van der Waals surface area contributed by atoms with Crippen molar-refractivity contribution in [2.75, 3.05) is 19.8 Å². The van der Waals surface area contributed by atoms with Crippen LogP contribution in [0.2, 0.25) is 0 Å². The number of ether oxygens (including phenoxy) is 1. The summed E-state index contributed by atoms with van der Waals surface area (Å²) >= 11 is 0. The fourth-order valence-electron chi connectivity index (χ4n) is 2.46. The van der Waals surface area contributed by atoms with Crippen molar-refractivity contribution in [1.29, 1.82) is 0 Å². The van der Waals surface area contributed by atoms with Crippen molar-refractivity contribution < 1.29 is 4.74 Å². The quantitative estimate of drug-likeness (QED) is 0.863. The van der Waals surface area contributed by atoms with E-state index >= 15 is 0 Å². The highest BCUT2D eigenvalue weighted by Gasteiger charge is 2.15. The molecule has 19 heavy (non-hydrogen) atoms. The van der Waals surface area contributed by atoms with Gasteiger partial charge in [-0.15, -0.1) is 0 Å². The predicted molar refractivity (Wildman–Crippen MR) is 74.7 cm³/mol. The fourth-order valence-corrected chi connectivity index (χ4v) is 2.46. The molecule has 0 bridgehead atoms. The normalized spacial score (nSPS) is 18.8. The molecule has 100 valence electrons. The van der Waals surface area contributed by atoms with Gasteiger partial charge < -0.3 is 10.1 Å². The SMILES string of the molecule is c1ccc(-c2[nH]ncc2CNCC2CCOC2)cc1. The summed E-state index contributed by atoms with van der Waals surface area (Å²) in [5.74, 6) is 0.659. The van der Waals surface area contributed by atoms with Gasteiger partial charge in [-0.3, -0.25) is 5.10 Å². The maximum absolute atomic E-state index is 5.38. The Labute approximate surface area is 113 Å². The van der Waals surface area contributed by atoms with Gasteiger partial charge in [-0.05, 0) is 17.9 Å². The van der Waals surface area contributed by atoms with Crippen LogP contribution in [0.4, 0.5) is 0 Å². The molecule has 1 aromatic heterocycles. The summed E-state index contributed by atoms with van der Waals surface area (Å²) in [6.45, 7) is 3.66. The van der Waals surface area contributed by atoms with Crippen molar-refractivity contribution in [1.82, 2.24) is 15.5 Å². The van der Waals surface area contributed by atoms with Crippen LogP contribution in [0.25, 0.3) is 11.3 Å². The Hall–Kier alpha value is -1.65. The van der Waals surface area contributed by atoms with Gasteiger partial charge in [0.25, 0.3) is 0 Å². The molecule has 1 aromatic carbocycles. The van der Waals surface area contributed by atoms with Gasteiger partial charge in [0.05, 0.1) is 18.5 Å². The van der Waals surface area contributed by atoms with E-state index in [1.807, 2.05) is 24.4 Å². The van der Waals surface area contributed by atoms with E-state index in [0.717, 1.165) is 32.0 Å². The van der Waals surface area contributed by atoms with Gasteiger partial charge in [-0.25, -0.2) is 0 Å². The second-order valence-corrected chi connectivity index (χ2v) is 5.00. The largest absolute Gasteiger partial charge is 0.381 e. The summed E-state index contributed by atoms with van der Waals surface area (Å²) in [4.78, 5) is 0. The first-order valence-electron chi connectivity index (χ1n) is 6.79. The van der Waals surface area contributed by atoms with Crippen LogP contribution in [0.1, 0.15) is 12.0 Å². The first-order valence-corrected chi connectivity index (χ1v) is 6.79. The number of rotatable bonds is 5. The van der Waals surface area contributed by atoms with Crippen molar-refractivity contribution in [3.05, 3.63) is 42.1 Å². The van der Waals surface area contributed by atoms with Crippen LogP contribution in [0.15, 0.2) is 36.5 Å². The molecule has 2 aromatic rings. The summed E-state index contributed by atoms with van der Waals surface area (Å²) in [6.07, 6.45) is 3.07. The van der Waals surface area contributed by atoms with Crippen LogP contribution in [-0.2, 0) is 11.3 Å². The molecule has 0 radical (unpaired) electrons. The van der Waals surface area contributed by atoms with Gasteiger partial charge in [0.1, 0.15) is 0 Å². The Kier molecular flexibility index (Phi) is 3.91. The third-order valence-corrected chi connectivity index (χ3v) is 3.55. The predicted octanol–water partition coefficient (Wildman–Crippen LogP) is 2.20. The Morgan fingerprint density at radius 3 is 3.00 bits per heavy atom. The molecule has 1 aliphatic rings. The van der Waals surface area contributed by atoms with Crippen LogP contribution in [0.3, 0.4) is 0 Å². The number of aromatic amines is 1. The molecule has 2 heterocycles. The Morgan fingerprint density at radius 2 is 2.21 bits per heavy atom. The number of aromatic nitrogens is 2. The standard InChI is InChI=1S/C15H19N3O/c1-2-4-13(5-3-1)15-14(10-17-18-15)9-16-8-12-6-7-19-11-12/h1-5,10,12,16H,6-9,11H2,(H,17,18). The number of H-pyrrole nitrogens is 1. The highest BCUT2D eigenvalue weighted by molar-refractivity contribution is 5.62. The lowest BCUT2D eigenvalue weighted by molar-refractivity contribution is 0.185. The molecular formula is C15H19N3O. The van der Waals surface area contributed by atoms with Crippen molar-refractivity contribution in [3.8, 4) is 11.3 Å². The van der Waals surface area contributed by atoms with Crippen LogP contribution in [-0.4, -0.2) is 30.0 Å². The number of nitrogens with zero attached hydrogens (tertiary/aromatic N) is 1. The van der Waals surface area contributed by atoms with Crippen molar-refractivity contribution in [3.63, 3.8) is 0 Å². The average Bonchev–Trinajstić information content (AvgIpc) is 3.11. The first-order chi connectivity index (χ1) is 9.43. The summed E-state index contributed by atoms with van der Waals surface area (Å²) in [7, 11) is 0. The summed E-state index contributed by atoms with van der Waals surface area (Å²) in [5, 5.41) is 10.7. The fraction of sp³-hybridized carbons (Fsp3) is 0.400. The van der Waals surface area contributed by atoms with E-state index in [-0.39, 0.29) is 0 Å². The zero-order valence-corrected chi connectivity index (χ0v) is 10.9. The molecule has 3 rings (SSSR count). The minimum absolute atomic E-state index is 0.659. The highest BCUT2D eigenvalue weighted by Crippen LogP contribution is 2.20. The van der Waals surface area contributed by atoms with Crippen LogP contribution >= 0.6 is 0 Å². The summed E-state index contributed by atoms with van der Waals surface area (Å²) in [5.41, 5.74) is 3.50. The van der Waals surface area contributed by atoms with Crippen LogP contribution < -0.4 is 5.32 Å². The molecule has 1 atom stereocenters. The molecular weight excluding hydrogens is 238 g/mol. The molecule has 1 aliphatic heterocycles. The van der Waals surface area contributed by atoms with Crippen molar-refractivity contribution in [2.45, 2.75) is 13.0 Å². The molecule has 1 unspecified atom stereocenters. The molecule has 0 amide bonds. The van der Waals surface area contributed by atoms with Gasteiger partial charge >= 0.3 is 0 Å². The van der Waals surface area contributed by atoms with Crippen molar-refractivity contribution >= 4 is 0 Å². The van der Waals surface area contributed by atoms with E-state index in [0.29, 0.717) is 5.92 Å². The highest BCUT2D eigenvalue weighted by atomic mass is 16.5. The maximum atomic E-state index is 5.38. The molecule has 0 saturated carbocycles. The topological polar surface area (TPSA) is 49.9 Å². The van der Waals surface area contributed by atoms with E-state index in [1.54, 1.807) is 0 Å². The minimum atomic E-state index is 0.659. The zero-order chi connectivity index (χ0) is 12.9. The van der Waals surface area contributed by atoms with Crippen LogP contribution in [0.5, 0.6) is 0 Å². The van der Waals surface area contributed by atoms with E-state index < -0.39 is 0 Å². The number of benzene rings is 1. The molecule has 1 saturated heterocycles. The van der Waals surface area contributed by atoms with E-state index in [9.17, 15) is 0 Å².